The average molecular weight is 409 g/mol. The van der Waals surface area contributed by atoms with Gasteiger partial charge in [0.1, 0.15) is 5.01 Å². The zero-order valence-electron chi connectivity index (χ0n) is 16.6. The van der Waals surface area contributed by atoms with Crippen LogP contribution in [-0.4, -0.2) is 38.9 Å². The highest BCUT2D eigenvalue weighted by Gasteiger charge is 2.26. The minimum atomic E-state index is 0.0236. The second-order valence-electron chi connectivity index (χ2n) is 7.31. The van der Waals surface area contributed by atoms with Gasteiger partial charge >= 0.3 is 0 Å². The van der Waals surface area contributed by atoms with Crippen LogP contribution in [-0.2, 0) is 11.3 Å². The lowest BCUT2D eigenvalue weighted by Gasteiger charge is -2.31. The van der Waals surface area contributed by atoms with Crippen LogP contribution >= 0.6 is 11.3 Å². The first-order chi connectivity index (χ1) is 14.1. The fraction of sp³-hybridized carbons (Fsp3) is 0.381. The number of aryl methyl sites for hydroxylation is 2. The lowest BCUT2D eigenvalue weighted by Crippen LogP contribution is -2.41. The molecule has 0 radical (unpaired) electrons. The summed E-state index contributed by atoms with van der Waals surface area (Å²) in [6.07, 6.45) is 5.13. The highest BCUT2D eigenvalue weighted by atomic mass is 32.1. The summed E-state index contributed by atoms with van der Waals surface area (Å²) in [7, 11) is 0. The van der Waals surface area contributed by atoms with Crippen LogP contribution in [0.5, 0.6) is 0 Å². The van der Waals surface area contributed by atoms with Crippen LogP contribution in [0.2, 0.25) is 0 Å². The lowest BCUT2D eigenvalue weighted by atomic mass is 9.96. The van der Waals surface area contributed by atoms with Crippen molar-refractivity contribution in [1.29, 1.82) is 0 Å². The Morgan fingerprint density at radius 3 is 2.52 bits per heavy atom. The fourth-order valence-electron chi connectivity index (χ4n) is 3.53. The number of nitrogens with zero attached hydrogens (tertiary/aromatic N) is 5. The number of thiazole rings is 1. The molecule has 3 aromatic heterocycles. The van der Waals surface area contributed by atoms with Gasteiger partial charge in [-0.3, -0.25) is 9.78 Å². The molecule has 0 spiro atoms. The van der Waals surface area contributed by atoms with E-state index in [1.807, 2.05) is 37.4 Å². The number of pyridine rings is 1. The highest BCUT2D eigenvalue weighted by Crippen LogP contribution is 2.24. The summed E-state index contributed by atoms with van der Waals surface area (Å²) in [5, 5.41) is 5.99. The fourth-order valence-corrected chi connectivity index (χ4v) is 4.35. The molecule has 0 aromatic carbocycles. The predicted octanol–water partition coefficient (Wildman–Crippen LogP) is 3.14. The van der Waals surface area contributed by atoms with Crippen LogP contribution in [0.15, 0.2) is 36.0 Å². The molecule has 0 unspecified atom stereocenters. The van der Waals surface area contributed by atoms with E-state index in [4.69, 9.17) is 0 Å². The molecule has 1 amide bonds. The lowest BCUT2D eigenvalue weighted by molar-refractivity contribution is -0.125. The maximum Gasteiger partial charge on any atom is 0.225 e. The third kappa shape index (κ3) is 4.76. The SMILES string of the molecule is Cc1cc(C)nc(N2CCC(C(=O)NCc3csc(-c4ccncc4)n3)CC2)n1. The molecule has 1 saturated heterocycles. The highest BCUT2D eigenvalue weighted by molar-refractivity contribution is 7.13. The van der Waals surface area contributed by atoms with Gasteiger partial charge in [-0.05, 0) is 44.9 Å². The Kier molecular flexibility index (Phi) is 5.80. The van der Waals surface area contributed by atoms with E-state index in [0.29, 0.717) is 6.54 Å². The van der Waals surface area contributed by atoms with Crippen molar-refractivity contribution >= 4 is 23.2 Å². The molecular formula is C21H24N6OS. The molecule has 7 nitrogen and oxygen atoms in total. The number of carbonyl (C=O) groups is 1. The normalized spacial score (nSPS) is 14.8. The first-order valence-corrected chi connectivity index (χ1v) is 10.7. The first kappa shape index (κ1) is 19.4. The van der Waals surface area contributed by atoms with Gasteiger partial charge in [0.25, 0.3) is 0 Å². The summed E-state index contributed by atoms with van der Waals surface area (Å²) in [5.74, 6) is 0.896. The van der Waals surface area contributed by atoms with Crippen LogP contribution < -0.4 is 10.2 Å². The standard InChI is InChI=1S/C21H24N6OS/c1-14-11-15(2)25-21(24-14)27-9-5-16(6-10-27)19(28)23-12-18-13-29-20(26-18)17-3-7-22-8-4-17/h3-4,7-8,11,13,16H,5-6,9-10,12H2,1-2H3,(H,23,28). The molecule has 0 bridgehead atoms. The van der Waals surface area contributed by atoms with Crippen LogP contribution in [0.4, 0.5) is 5.95 Å². The second-order valence-corrected chi connectivity index (χ2v) is 8.17. The monoisotopic (exact) mass is 408 g/mol. The van der Waals surface area contributed by atoms with Gasteiger partial charge in [0, 0.05) is 53.7 Å². The molecule has 4 heterocycles. The quantitative estimate of drug-likeness (QED) is 0.698. The topological polar surface area (TPSA) is 83.9 Å². The Bertz CT molecular complexity index is 962. The van der Waals surface area contributed by atoms with E-state index in [2.05, 4.69) is 30.2 Å². The number of hydrogen-bond acceptors (Lipinski definition) is 7. The molecule has 3 aromatic rings. The molecule has 150 valence electrons. The Morgan fingerprint density at radius 1 is 1.14 bits per heavy atom. The van der Waals surface area contributed by atoms with E-state index >= 15 is 0 Å². The molecule has 1 aliphatic heterocycles. The average Bonchev–Trinajstić information content (AvgIpc) is 3.21. The Labute approximate surface area is 174 Å². The van der Waals surface area contributed by atoms with E-state index in [-0.39, 0.29) is 11.8 Å². The smallest absolute Gasteiger partial charge is 0.225 e. The summed E-state index contributed by atoms with van der Waals surface area (Å²) < 4.78 is 0. The predicted molar refractivity (Wildman–Crippen MR) is 114 cm³/mol. The number of anilines is 1. The van der Waals surface area contributed by atoms with Crippen molar-refractivity contribution in [3.05, 3.63) is 53.1 Å². The van der Waals surface area contributed by atoms with Gasteiger partial charge in [-0.1, -0.05) is 0 Å². The Balaban J connectivity index is 1.29. The summed E-state index contributed by atoms with van der Waals surface area (Å²) in [6.45, 7) is 6.02. The van der Waals surface area contributed by atoms with Crippen molar-refractivity contribution < 1.29 is 4.79 Å². The van der Waals surface area contributed by atoms with Gasteiger partial charge < -0.3 is 10.2 Å². The summed E-state index contributed by atoms with van der Waals surface area (Å²) >= 11 is 1.58. The molecular weight excluding hydrogens is 384 g/mol. The number of aromatic nitrogens is 4. The van der Waals surface area contributed by atoms with Crippen molar-refractivity contribution in [3.63, 3.8) is 0 Å². The van der Waals surface area contributed by atoms with E-state index in [1.165, 1.54) is 0 Å². The molecule has 0 saturated carbocycles. The van der Waals surface area contributed by atoms with E-state index in [0.717, 1.165) is 59.5 Å². The van der Waals surface area contributed by atoms with Crippen molar-refractivity contribution in [2.45, 2.75) is 33.2 Å². The van der Waals surface area contributed by atoms with Crippen LogP contribution in [0.25, 0.3) is 10.6 Å². The van der Waals surface area contributed by atoms with Gasteiger partial charge in [0.2, 0.25) is 11.9 Å². The maximum absolute atomic E-state index is 12.6. The van der Waals surface area contributed by atoms with Crippen molar-refractivity contribution in [2.24, 2.45) is 5.92 Å². The van der Waals surface area contributed by atoms with Gasteiger partial charge in [0.05, 0.1) is 12.2 Å². The number of piperidine rings is 1. The zero-order valence-corrected chi connectivity index (χ0v) is 17.4. The Morgan fingerprint density at radius 2 is 1.83 bits per heavy atom. The van der Waals surface area contributed by atoms with Crippen molar-refractivity contribution in [2.75, 3.05) is 18.0 Å². The van der Waals surface area contributed by atoms with Crippen molar-refractivity contribution in [1.82, 2.24) is 25.3 Å². The number of amides is 1. The van der Waals surface area contributed by atoms with Gasteiger partial charge in [-0.15, -0.1) is 11.3 Å². The van der Waals surface area contributed by atoms with Crippen LogP contribution in [0.3, 0.4) is 0 Å². The summed E-state index contributed by atoms with van der Waals surface area (Å²) in [6, 6.07) is 5.85. The molecule has 8 heteroatoms. The number of hydrogen-bond donors (Lipinski definition) is 1. The number of carbonyl (C=O) groups excluding carboxylic acids is 1. The molecule has 1 N–H and O–H groups in total. The van der Waals surface area contributed by atoms with Crippen LogP contribution in [0, 0.1) is 19.8 Å². The zero-order chi connectivity index (χ0) is 20.2. The molecule has 0 aliphatic carbocycles. The van der Waals surface area contributed by atoms with Crippen molar-refractivity contribution in [3.8, 4) is 10.6 Å². The van der Waals surface area contributed by atoms with Gasteiger partial charge in [0.15, 0.2) is 0 Å². The van der Waals surface area contributed by atoms with E-state index in [9.17, 15) is 4.79 Å². The summed E-state index contributed by atoms with van der Waals surface area (Å²) in [4.78, 5) is 32.5. The Hall–Kier alpha value is -2.87. The van der Waals surface area contributed by atoms with Gasteiger partial charge in [-0.25, -0.2) is 15.0 Å². The number of rotatable bonds is 5. The largest absolute Gasteiger partial charge is 0.350 e. The third-order valence-electron chi connectivity index (χ3n) is 5.04. The summed E-state index contributed by atoms with van der Waals surface area (Å²) in [5.41, 5.74) is 3.88. The molecule has 1 aliphatic rings. The number of nitrogens with one attached hydrogen (secondary N) is 1. The maximum atomic E-state index is 12.6. The third-order valence-corrected chi connectivity index (χ3v) is 5.98. The first-order valence-electron chi connectivity index (χ1n) is 9.78. The minimum Gasteiger partial charge on any atom is -0.350 e. The van der Waals surface area contributed by atoms with Crippen LogP contribution in [0.1, 0.15) is 29.9 Å². The second kappa shape index (κ2) is 8.65. The molecule has 0 atom stereocenters. The molecule has 29 heavy (non-hydrogen) atoms. The molecule has 1 fully saturated rings. The van der Waals surface area contributed by atoms with E-state index < -0.39 is 0 Å². The van der Waals surface area contributed by atoms with Gasteiger partial charge in [-0.2, -0.15) is 0 Å². The molecule has 4 rings (SSSR count). The van der Waals surface area contributed by atoms with E-state index in [1.54, 1.807) is 23.7 Å². The minimum absolute atomic E-state index is 0.0236.